The van der Waals surface area contributed by atoms with Crippen LogP contribution < -0.4 is 0 Å². The minimum absolute atomic E-state index is 0.447. The number of hydrogen-bond donors (Lipinski definition) is 2. The van der Waals surface area contributed by atoms with Gasteiger partial charge in [-0.25, -0.2) is 4.98 Å². The topological polar surface area (TPSA) is 48.9 Å². The van der Waals surface area contributed by atoms with Crippen molar-refractivity contribution in [3.63, 3.8) is 0 Å². The van der Waals surface area contributed by atoms with E-state index in [0.29, 0.717) is 0 Å². The van der Waals surface area contributed by atoms with Crippen LogP contribution in [-0.4, -0.2) is 15.1 Å². The summed E-state index contributed by atoms with van der Waals surface area (Å²) in [6.07, 6.45) is 3.07. The van der Waals surface area contributed by atoms with Crippen LogP contribution in [0, 0.1) is 0 Å². The molecule has 0 aromatic carbocycles. The highest BCUT2D eigenvalue weighted by molar-refractivity contribution is 5.75. The van der Waals surface area contributed by atoms with Crippen molar-refractivity contribution < 1.29 is 5.11 Å². The third-order valence-corrected chi connectivity index (χ3v) is 1.90. The first kappa shape index (κ1) is 7.31. The summed E-state index contributed by atoms with van der Waals surface area (Å²) in [5, 5.41) is 10.3. The van der Waals surface area contributed by atoms with E-state index >= 15 is 0 Å². The number of rotatable bonds is 1. The second-order valence-corrected chi connectivity index (χ2v) is 2.86. The second kappa shape index (κ2) is 2.60. The maximum absolute atomic E-state index is 9.27. The highest BCUT2D eigenvalue weighted by Crippen LogP contribution is 2.16. The number of aromatic amines is 1. The van der Waals surface area contributed by atoms with Gasteiger partial charge in [0.2, 0.25) is 0 Å². The van der Waals surface area contributed by atoms with Gasteiger partial charge in [-0.05, 0) is 24.6 Å². The van der Waals surface area contributed by atoms with Crippen molar-refractivity contribution >= 4 is 11.0 Å². The van der Waals surface area contributed by atoms with Gasteiger partial charge in [0, 0.05) is 17.8 Å². The zero-order valence-corrected chi connectivity index (χ0v) is 6.78. The predicted molar refractivity (Wildman–Crippen MR) is 46.7 cm³/mol. The van der Waals surface area contributed by atoms with Crippen molar-refractivity contribution in [2.75, 3.05) is 0 Å². The number of pyridine rings is 1. The van der Waals surface area contributed by atoms with Crippen molar-refractivity contribution in [2.45, 2.75) is 13.0 Å². The first-order valence-corrected chi connectivity index (χ1v) is 3.88. The molecule has 2 aromatic rings. The molecule has 2 heterocycles. The molecule has 0 aliphatic rings. The molecular formula is C9H10N2O. The number of aromatic nitrogens is 2. The maximum Gasteiger partial charge on any atom is 0.137 e. The molecule has 0 saturated heterocycles. The molecule has 0 amide bonds. The van der Waals surface area contributed by atoms with E-state index in [-0.39, 0.29) is 0 Å². The number of H-pyrrole nitrogens is 1. The lowest BCUT2D eigenvalue weighted by Gasteiger charge is -2.02. The van der Waals surface area contributed by atoms with Gasteiger partial charge in [-0.15, -0.1) is 0 Å². The Morgan fingerprint density at radius 1 is 1.58 bits per heavy atom. The average Bonchev–Trinajstić information content (AvgIpc) is 2.49. The number of nitrogens with one attached hydrogen (secondary N) is 1. The minimum atomic E-state index is -0.447. The zero-order valence-electron chi connectivity index (χ0n) is 6.78. The summed E-state index contributed by atoms with van der Waals surface area (Å²) in [4.78, 5) is 7.14. The molecule has 0 saturated carbocycles. The van der Waals surface area contributed by atoms with E-state index in [9.17, 15) is 5.11 Å². The van der Waals surface area contributed by atoms with Crippen molar-refractivity contribution in [3.05, 3.63) is 30.1 Å². The van der Waals surface area contributed by atoms with Crippen molar-refractivity contribution in [3.8, 4) is 0 Å². The monoisotopic (exact) mass is 162 g/mol. The summed E-state index contributed by atoms with van der Waals surface area (Å²) < 4.78 is 0. The van der Waals surface area contributed by atoms with E-state index in [4.69, 9.17) is 0 Å². The molecular weight excluding hydrogens is 152 g/mol. The van der Waals surface area contributed by atoms with Crippen molar-refractivity contribution in [1.29, 1.82) is 0 Å². The number of fused-ring (bicyclic) bond motifs is 1. The van der Waals surface area contributed by atoms with E-state index in [0.717, 1.165) is 16.6 Å². The van der Waals surface area contributed by atoms with Gasteiger partial charge in [0.1, 0.15) is 5.65 Å². The fraction of sp³-hybridized carbons (Fsp3) is 0.222. The highest BCUT2D eigenvalue weighted by atomic mass is 16.3. The molecule has 2 N–H and O–H groups in total. The Balaban J connectivity index is 2.60. The fourth-order valence-electron chi connectivity index (χ4n) is 1.19. The summed E-state index contributed by atoms with van der Waals surface area (Å²) in [6, 6.07) is 3.87. The fourth-order valence-corrected chi connectivity index (χ4v) is 1.19. The van der Waals surface area contributed by atoms with Crippen LogP contribution >= 0.6 is 0 Å². The summed E-state index contributed by atoms with van der Waals surface area (Å²) >= 11 is 0. The molecule has 0 aliphatic heterocycles. The largest absolute Gasteiger partial charge is 0.389 e. The smallest absolute Gasteiger partial charge is 0.137 e. The van der Waals surface area contributed by atoms with Crippen LogP contribution in [0.15, 0.2) is 24.5 Å². The highest BCUT2D eigenvalue weighted by Gasteiger charge is 2.02. The van der Waals surface area contributed by atoms with E-state index in [1.807, 2.05) is 18.3 Å². The zero-order chi connectivity index (χ0) is 8.55. The Bertz CT molecular complexity index is 392. The average molecular weight is 162 g/mol. The van der Waals surface area contributed by atoms with Gasteiger partial charge >= 0.3 is 0 Å². The number of hydrogen-bond acceptors (Lipinski definition) is 2. The number of aliphatic hydroxyl groups excluding tert-OH is 1. The van der Waals surface area contributed by atoms with Crippen LogP contribution in [-0.2, 0) is 0 Å². The molecule has 3 heteroatoms. The third kappa shape index (κ3) is 1.08. The SMILES string of the molecule is CC(O)c1cnc2[nH]ccc2c1. The van der Waals surface area contributed by atoms with Crippen LogP contribution in [0.4, 0.5) is 0 Å². The molecule has 0 spiro atoms. The molecule has 0 radical (unpaired) electrons. The van der Waals surface area contributed by atoms with Gasteiger partial charge in [0.25, 0.3) is 0 Å². The van der Waals surface area contributed by atoms with E-state index in [1.54, 1.807) is 13.1 Å². The predicted octanol–water partition coefficient (Wildman–Crippen LogP) is 1.62. The molecule has 12 heavy (non-hydrogen) atoms. The molecule has 0 aliphatic carbocycles. The summed E-state index contributed by atoms with van der Waals surface area (Å²) in [7, 11) is 0. The molecule has 2 aromatic heterocycles. The standard InChI is InChI=1S/C9H10N2O/c1-6(12)8-4-7-2-3-10-9(7)11-5-8/h2-6,12H,1H3,(H,10,11). The Labute approximate surface area is 70.1 Å². The Morgan fingerprint density at radius 3 is 3.17 bits per heavy atom. The lowest BCUT2D eigenvalue weighted by atomic mass is 10.1. The molecule has 2 rings (SSSR count). The second-order valence-electron chi connectivity index (χ2n) is 2.86. The third-order valence-electron chi connectivity index (χ3n) is 1.90. The minimum Gasteiger partial charge on any atom is -0.389 e. The van der Waals surface area contributed by atoms with Gasteiger partial charge in [-0.1, -0.05) is 0 Å². The normalized spacial score (nSPS) is 13.5. The molecule has 1 atom stereocenters. The Morgan fingerprint density at radius 2 is 2.42 bits per heavy atom. The van der Waals surface area contributed by atoms with Gasteiger partial charge < -0.3 is 10.1 Å². The quantitative estimate of drug-likeness (QED) is 0.669. The van der Waals surface area contributed by atoms with Crippen LogP contribution in [0.5, 0.6) is 0 Å². The summed E-state index contributed by atoms with van der Waals surface area (Å²) in [6.45, 7) is 1.73. The van der Waals surface area contributed by atoms with E-state index in [1.165, 1.54) is 0 Å². The Kier molecular flexibility index (Phi) is 1.59. The van der Waals surface area contributed by atoms with Crippen molar-refractivity contribution in [2.24, 2.45) is 0 Å². The van der Waals surface area contributed by atoms with Gasteiger partial charge in [0.05, 0.1) is 6.10 Å². The molecule has 1 unspecified atom stereocenters. The lowest BCUT2D eigenvalue weighted by molar-refractivity contribution is 0.199. The molecule has 0 fully saturated rings. The Hall–Kier alpha value is -1.35. The van der Waals surface area contributed by atoms with Crippen molar-refractivity contribution in [1.82, 2.24) is 9.97 Å². The lowest BCUT2D eigenvalue weighted by Crippen LogP contribution is -1.91. The van der Waals surface area contributed by atoms with Crippen LogP contribution in [0.2, 0.25) is 0 Å². The summed E-state index contributed by atoms with van der Waals surface area (Å²) in [5.41, 5.74) is 1.71. The number of aliphatic hydroxyl groups is 1. The molecule has 3 nitrogen and oxygen atoms in total. The van der Waals surface area contributed by atoms with E-state index < -0.39 is 6.10 Å². The van der Waals surface area contributed by atoms with Crippen LogP contribution in [0.25, 0.3) is 11.0 Å². The van der Waals surface area contributed by atoms with Gasteiger partial charge in [-0.3, -0.25) is 0 Å². The first-order chi connectivity index (χ1) is 5.77. The number of nitrogens with zero attached hydrogens (tertiary/aromatic N) is 1. The van der Waals surface area contributed by atoms with Crippen LogP contribution in [0.1, 0.15) is 18.6 Å². The van der Waals surface area contributed by atoms with E-state index in [2.05, 4.69) is 9.97 Å². The van der Waals surface area contributed by atoms with Gasteiger partial charge in [0.15, 0.2) is 0 Å². The molecule has 62 valence electrons. The first-order valence-electron chi connectivity index (χ1n) is 3.88. The molecule has 0 bridgehead atoms. The maximum atomic E-state index is 9.27. The summed E-state index contributed by atoms with van der Waals surface area (Å²) in [5.74, 6) is 0. The van der Waals surface area contributed by atoms with Crippen LogP contribution in [0.3, 0.4) is 0 Å². The van der Waals surface area contributed by atoms with Gasteiger partial charge in [-0.2, -0.15) is 0 Å².